The third kappa shape index (κ3) is 5.94. The van der Waals surface area contributed by atoms with Crippen molar-refractivity contribution in [3.63, 3.8) is 0 Å². The first-order valence-electron chi connectivity index (χ1n) is 9.68. The third-order valence-corrected chi connectivity index (χ3v) is 4.00. The summed E-state index contributed by atoms with van der Waals surface area (Å²) in [6.07, 6.45) is 0. The molecule has 158 valence electrons. The predicted octanol–water partition coefficient (Wildman–Crippen LogP) is 3.32. The van der Waals surface area contributed by atoms with E-state index in [1.54, 1.807) is 12.1 Å². The minimum atomic E-state index is 0.187. The maximum atomic E-state index is 5.70. The summed E-state index contributed by atoms with van der Waals surface area (Å²) < 4.78 is 16.9. The first kappa shape index (κ1) is 21.1. The summed E-state index contributed by atoms with van der Waals surface area (Å²) in [7, 11) is 3.80. The molecule has 3 rings (SSSR count). The van der Waals surface area contributed by atoms with Crippen molar-refractivity contribution in [1.29, 1.82) is 0 Å². The van der Waals surface area contributed by atoms with Crippen LogP contribution in [0.3, 0.4) is 0 Å². The average molecular weight is 410 g/mol. The number of aromatic nitrogens is 4. The van der Waals surface area contributed by atoms with E-state index in [0.29, 0.717) is 24.9 Å². The minimum absolute atomic E-state index is 0.187. The van der Waals surface area contributed by atoms with Crippen LogP contribution in [-0.4, -0.2) is 54.0 Å². The van der Waals surface area contributed by atoms with E-state index in [4.69, 9.17) is 14.2 Å². The number of para-hydroxylation sites is 1. The SMILES string of the molecule is CCNc1cc(N(C)C)nc(Oc2ccc(OCCOc3ccccc3C)nn2)n1. The normalized spacial score (nSPS) is 10.4. The van der Waals surface area contributed by atoms with Crippen molar-refractivity contribution >= 4 is 11.6 Å². The number of nitrogens with one attached hydrogen (secondary N) is 1. The van der Waals surface area contributed by atoms with Crippen molar-refractivity contribution in [2.24, 2.45) is 0 Å². The Balaban J connectivity index is 1.55. The monoisotopic (exact) mass is 410 g/mol. The van der Waals surface area contributed by atoms with Gasteiger partial charge in [-0.1, -0.05) is 18.2 Å². The first-order valence-corrected chi connectivity index (χ1v) is 9.68. The Kier molecular flexibility index (Phi) is 7.20. The number of hydrogen-bond acceptors (Lipinski definition) is 9. The molecule has 0 aliphatic rings. The fourth-order valence-corrected chi connectivity index (χ4v) is 2.51. The fraction of sp³-hybridized carbons (Fsp3) is 0.333. The number of hydrogen-bond donors (Lipinski definition) is 1. The van der Waals surface area contributed by atoms with Crippen LogP contribution in [-0.2, 0) is 0 Å². The van der Waals surface area contributed by atoms with Gasteiger partial charge in [0.2, 0.25) is 11.8 Å². The van der Waals surface area contributed by atoms with Crippen LogP contribution < -0.4 is 24.4 Å². The predicted molar refractivity (Wildman–Crippen MR) is 115 cm³/mol. The van der Waals surface area contributed by atoms with E-state index >= 15 is 0 Å². The molecule has 1 aromatic carbocycles. The van der Waals surface area contributed by atoms with Crippen molar-refractivity contribution in [3.05, 3.63) is 48.0 Å². The van der Waals surface area contributed by atoms with Crippen molar-refractivity contribution in [2.75, 3.05) is 44.1 Å². The minimum Gasteiger partial charge on any atom is -0.490 e. The molecule has 0 unspecified atom stereocenters. The molecule has 0 bridgehead atoms. The molecule has 0 aliphatic heterocycles. The van der Waals surface area contributed by atoms with E-state index in [-0.39, 0.29) is 11.9 Å². The lowest BCUT2D eigenvalue weighted by molar-refractivity contribution is 0.209. The Labute approximate surface area is 176 Å². The van der Waals surface area contributed by atoms with Crippen LogP contribution in [0.4, 0.5) is 11.6 Å². The molecule has 0 saturated carbocycles. The highest BCUT2D eigenvalue weighted by Crippen LogP contribution is 2.22. The Morgan fingerprint density at radius 2 is 1.67 bits per heavy atom. The zero-order chi connectivity index (χ0) is 21.3. The maximum absolute atomic E-state index is 5.70. The summed E-state index contributed by atoms with van der Waals surface area (Å²) in [5, 5.41) is 11.2. The van der Waals surface area contributed by atoms with Gasteiger partial charge in [-0.3, -0.25) is 0 Å². The molecule has 0 saturated heterocycles. The Hall–Kier alpha value is -3.62. The lowest BCUT2D eigenvalue weighted by Gasteiger charge is -2.14. The van der Waals surface area contributed by atoms with Crippen molar-refractivity contribution < 1.29 is 14.2 Å². The molecule has 0 radical (unpaired) electrons. The smallest absolute Gasteiger partial charge is 0.327 e. The van der Waals surface area contributed by atoms with E-state index in [2.05, 4.69) is 25.5 Å². The molecular formula is C21H26N6O3. The highest BCUT2D eigenvalue weighted by atomic mass is 16.5. The number of anilines is 2. The van der Waals surface area contributed by atoms with E-state index < -0.39 is 0 Å². The maximum Gasteiger partial charge on any atom is 0.327 e. The lowest BCUT2D eigenvalue weighted by Crippen LogP contribution is -2.13. The van der Waals surface area contributed by atoms with Gasteiger partial charge in [0.1, 0.15) is 30.6 Å². The molecule has 0 spiro atoms. The quantitative estimate of drug-likeness (QED) is 0.505. The highest BCUT2D eigenvalue weighted by molar-refractivity contribution is 5.49. The van der Waals surface area contributed by atoms with Gasteiger partial charge < -0.3 is 24.4 Å². The molecule has 1 N–H and O–H groups in total. The van der Waals surface area contributed by atoms with E-state index in [1.165, 1.54) is 0 Å². The van der Waals surface area contributed by atoms with Gasteiger partial charge in [0.15, 0.2) is 0 Å². The van der Waals surface area contributed by atoms with Crippen LogP contribution in [0, 0.1) is 6.92 Å². The van der Waals surface area contributed by atoms with Gasteiger partial charge in [0.25, 0.3) is 0 Å². The zero-order valence-corrected chi connectivity index (χ0v) is 17.6. The second-order valence-corrected chi connectivity index (χ2v) is 6.59. The number of ether oxygens (including phenoxy) is 3. The molecule has 9 heteroatoms. The highest BCUT2D eigenvalue weighted by Gasteiger charge is 2.09. The Morgan fingerprint density at radius 1 is 0.933 bits per heavy atom. The van der Waals surface area contributed by atoms with Gasteiger partial charge in [0, 0.05) is 38.8 Å². The number of benzene rings is 1. The number of rotatable bonds is 10. The van der Waals surface area contributed by atoms with Gasteiger partial charge in [-0.05, 0) is 25.5 Å². The molecule has 0 aliphatic carbocycles. The molecule has 30 heavy (non-hydrogen) atoms. The van der Waals surface area contributed by atoms with Crippen LogP contribution in [0.15, 0.2) is 42.5 Å². The molecular weight excluding hydrogens is 384 g/mol. The molecule has 2 aromatic heterocycles. The lowest BCUT2D eigenvalue weighted by atomic mass is 10.2. The fourth-order valence-electron chi connectivity index (χ4n) is 2.51. The summed E-state index contributed by atoms with van der Waals surface area (Å²) in [4.78, 5) is 10.6. The third-order valence-electron chi connectivity index (χ3n) is 4.00. The second-order valence-electron chi connectivity index (χ2n) is 6.59. The molecule has 0 amide bonds. The molecule has 0 atom stereocenters. The van der Waals surface area contributed by atoms with Crippen LogP contribution in [0.25, 0.3) is 0 Å². The summed E-state index contributed by atoms with van der Waals surface area (Å²) in [5.41, 5.74) is 1.08. The Morgan fingerprint density at radius 3 is 2.37 bits per heavy atom. The molecule has 9 nitrogen and oxygen atoms in total. The molecule has 2 heterocycles. The largest absolute Gasteiger partial charge is 0.490 e. The van der Waals surface area contributed by atoms with Crippen LogP contribution in [0.1, 0.15) is 12.5 Å². The average Bonchev–Trinajstić information content (AvgIpc) is 2.73. The van der Waals surface area contributed by atoms with Gasteiger partial charge in [-0.25, -0.2) is 0 Å². The summed E-state index contributed by atoms with van der Waals surface area (Å²) >= 11 is 0. The molecule has 3 aromatic rings. The van der Waals surface area contributed by atoms with Crippen LogP contribution in [0.2, 0.25) is 0 Å². The van der Waals surface area contributed by atoms with Gasteiger partial charge in [-0.15, -0.1) is 10.2 Å². The standard InChI is InChI=1S/C21H26N6O3/c1-5-22-17-14-18(27(3)4)24-21(23-17)30-20-11-10-19(25-26-20)29-13-12-28-16-9-7-6-8-15(16)2/h6-11,14H,5,12-13H2,1-4H3,(H,22,23,24). The second kappa shape index (κ2) is 10.2. The van der Waals surface area contributed by atoms with E-state index in [0.717, 1.165) is 23.7 Å². The first-order chi connectivity index (χ1) is 14.5. The number of nitrogens with zero attached hydrogens (tertiary/aromatic N) is 5. The van der Waals surface area contributed by atoms with E-state index in [9.17, 15) is 0 Å². The number of aryl methyl sites for hydroxylation is 1. The summed E-state index contributed by atoms with van der Waals surface area (Å²) in [5.74, 6) is 2.89. The summed E-state index contributed by atoms with van der Waals surface area (Å²) in [6, 6.07) is 13.2. The van der Waals surface area contributed by atoms with Crippen LogP contribution in [0.5, 0.6) is 23.5 Å². The van der Waals surface area contributed by atoms with Gasteiger partial charge in [0.05, 0.1) is 0 Å². The van der Waals surface area contributed by atoms with Crippen molar-refractivity contribution in [1.82, 2.24) is 20.2 Å². The van der Waals surface area contributed by atoms with Crippen molar-refractivity contribution in [2.45, 2.75) is 13.8 Å². The Bertz CT molecular complexity index is 950. The molecule has 0 fully saturated rings. The van der Waals surface area contributed by atoms with Gasteiger partial charge in [-0.2, -0.15) is 9.97 Å². The van der Waals surface area contributed by atoms with Crippen molar-refractivity contribution in [3.8, 4) is 23.5 Å². The van der Waals surface area contributed by atoms with Crippen LogP contribution >= 0.6 is 0 Å². The zero-order valence-electron chi connectivity index (χ0n) is 17.6. The van der Waals surface area contributed by atoms with Gasteiger partial charge >= 0.3 is 6.01 Å². The topological polar surface area (TPSA) is 94.5 Å². The summed E-state index contributed by atoms with van der Waals surface area (Å²) in [6.45, 7) is 5.49. The van der Waals surface area contributed by atoms with E-state index in [1.807, 2.05) is 63.2 Å².